The summed E-state index contributed by atoms with van der Waals surface area (Å²) in [5.74, 6) is 0. The van der Waals surface area contributed by atoms with Gasteiger partial charge in [-0.1, -0.05) is 13.8 Å². The molecule has 3 nitrogen and oxygen atoms in total. The Kier molecular flexibility index (Phi) is 5.05. The fourth-order valence-corrected chi connectivity index (χ4v) is 2.97. The van der Waals surface area contributed by atoms with Crippen LogP contribution in [-0.4, -0.2) is 16.5 Å². The van der Waals surface area contributed by atoms with Crippen LogP contribution in [0.1, 0.15) is 44.5 Å². The Hall–Kier alpha value is -1.26. The summed E-state index contributed by atoms with van der Waals surface area (Å²) >= 11 is 1.72. The van der Waals surface area contributed by atoms with Gasteiger partial charge in [-0.25, -0.2) is 4.98 Å². The lowest BCUT2D eigenvalue weighted by Gasteiger charge is -2.09. The van der Waals surface area contributed by atoms with Gasteiger partial charge in [0.25, 0.3) is 0 Å². The van der Waals surface area contributed by atoms with Crippen molar-refractivity contribution in [3.8, 4) is 10.6 Å². The maximum atomic E-state index is 4.77. The van der Waals surface area contributed by atoms with Crippen molar-refractivity contribution in [2.24, 2.45) is 0 Å². The SMILES string of the molecule is CCCNC(C)c1csc(-c2ccncc2CC)n1. The minimum atomic E-state index is 0.317. The molecule has 0 aliphatic rings. The van der Waals surface area contributed by atoms with E-state index in [4.69, 9.17) is 4.98 Å². The Morgan fingerprint density at radius 1 is 1.37 bits per heavy atom. The van der Waals surface area contributed by atoms with E-state index in [1.54, 1.807) is 11.3 Å². The summed E-state index contributed by atoms with van der Waals surface area (Å²) < 4.78 is 0. The first-order chi connectivity index (χ1) is 9.26. The third kappa shape index (κ3) is 3.39. The first-order valence-electron chi connectivity index (χ1n) is 6.88. The van der Waals surface area contributed by atoms with Crippen molar-refractivity contribution in [1.29, 1.82) is 0 Å². The van der Waals surface area contributed by atoms with Gasteiger partial charge in [0.05, 0.1) is 5.69 Å². The molecule has 102 valence electrons. The zero-order valence-corrected chi connectivity index (χ0v) is 12.6. The van der Waals surface area contributed by atoms with E-state index in [0.29, 0.717) is 6.04 Å². The summed E-state index contributed by atoms with van der Waals surface area (Å²) in [6, 6.07) is 2.38. The van der Waals surface area contributed by atoms with Crippen LogP contribution in [0, 0.1) is 0 Å². The number of hydrogen-bond donors (Lipinski definition) is 1. The Labute approximate surface area is 119 Å². The van der Waals surface area contributed by atoms with E-state index in [0.717, 1.165) is 30.1 Å². The summed E-state index contributed by atoms with van der Waals surface area (Å²) in [7, 11) is 0. The van der Waals surface area contributed by atoms with E-state index in [9.17, 15) is 0 Å². The fourth-order valence-electron chi connectivity index (χ4n) is 1.99. The molecule has 0 aliphatic heterocycles. The maximum Gasteiger partial charge on any atom is 0.124 e. The Morgan fingerprint density at radius 3 is 2.95 bits per heavy atom. The minimum absolute atomic E-state index is 0.317. The van der Waals surface area contributed by atoms with Crippen LogP contribution >= 0.6 is 11.3 Å². The van der Waals surface area contributed by atoms with Crippen LogP contribution in [0.5, 0.6) is 0 Å². The molecule has 0 aromatic carbocycles. The van der Waals surface area contributed by atoms with E-state index < -0.39 is 0 Å². The number of pyridine rings is 1. The fraction of sp³-hybridized carbons (Fsp3) is 0.467. The molecule has 19 heavy (non-hydrogen) atoms. The Balaban J connectivity index is 2.20. The zero-order valence-electron chi connectivity index (χ0n) is 11.8. The van der Waals surface area contributed by atoms with Crippen LogP contribution in [-0.2, 0) is 6.42 Å². The Morgan fingerprint density at radius 2 is 2.21 bits per heavy atom. The van der Waals surface area contributed by atoms with Gasteiger partial charge in [-0.15, -0.1) is 11.3 Å². The lowest BCUT2D eigenvalue weighted by Crippen LogP contribution is -2.19. The van der Waals surface area contributed by atoms with Crippen LogP contribution in [0.4, 0.5) is 0 Å². The van der Waals surface area contributed by atoms with Crippen molar-refractivity contribution < 1.29 is 0 Å². The number of thiazole rings is 1. The maximum absolute atomic E-state index is 4.77. The van der Waals surface area contributed by atoms with Gasteiger partial charge in [-0.05, 0) is 37.9 Å². The molecule has 2 heterocycles. The smallest absolute Gasteiger partial charge is 0.124 e. The van der Waals surface area contributed by atoms with Crippen molar-refractivity contribution in [2.45, 2.75) is 39.7 Å². The second-order valence-electron chi connectivity index (χ2n) is 4.64. The summed E-state index contributed by atoms with van der Waals surface area (Å²) in [6.07, 6.45) is 5.91. The molecule has 0 radical (unpaired) electrons. The van der Waals surface area contributed by atoms with Crippen LogP contribution < -0.4 is 5.32 Å². The van der Waals surface area contributed by atoms with Crippen molar-refractivity contribution in [3.63, 3.8) is 0 Å². The molecule has 2 aromatic rings. The number of hydrogen-bond acceptors (Lipinski definition) is 4. The number of aromatic nitrogens is 2. The summed E-state index contributed by atoms with van der Waals surface area (Å²) in [4.78, 5) is 8.96. The van der Waals surface area contributed by atoms with Gasteiger partial charge in [-0.3, -0.25) is 4.98 Å². The van der Waals surface area contributed by atoms with Crippen LogP contribution in [0.15, 0.2) is 23.8 Å². The molecule has 0 saturated carbocycles. The number of nitrogens with one attached hydrogen (secondary N) is 1. The lowest BCUT2D eigenvalue weighted by atomic mass is 10.1. The van der Waals surface area contributed by atoms with Crippen LogP contribution in [0.25, 0.3) is 10.6 Å². The third-order valence-corrected chi connectivity index (χ3v) is 4.07. The van der Waals surface area contributed by atoms with E-state index in [2.05, 4.69) is 42.5 Å². The summed E-state index contributed by atoms with van der Waals surface area (Å²) in [6.45, 7) is 7.53. The van der Waals surface area contributed by atoms with Gasteiger partial charge < -0.3 is 5.32 Å². The van der Waals surface area contributed by atoms with E-state index in [-0.39, 0.29) is 0 Å². The summed E-state index contributed by atoms with van der Waals surface area (Å²) in [5.41, 5.74) is 3.61. The molecule has 0 aliphatic carbocycles. The van der Waals surface area contributed by atoms with Crippen molar-refractivity contribution in [2.75, 3.05) is 6.54 Å². The molecule has 2 aromatic heterocycles. The van der Waals surface area contributed by atoms with Gasteiger partial charge in [0, 0.05) is 29.4 Å². The molecule has 0 spiro atoms. The van der Waals surface area contributed by atoms with Crippen LogP contribution in [0.3, 0.4) is 0 Å². The first-order valence-corrected chi connectivity index (χ1v) is 7.76. The lowest BCUT2D eigenvalue weighted by molar-refractivity contribution is 0.561. The largest absolute Gasteiger partial charge is 0.309 e. The molecular formula is C15H21N3S. The average Bonchev–Trinajstić information content (AvgIpc) is 2.94. The van der Waals surface area contributed by atoms with Crippen molar-refractivity contribution in [1.82, 2.24) is 15.3 Å². The Bertz CT molecular complexity index is 522. The molecule has 0 amide bonds. The highest BCUT2D eigenvalue weighted by Crippen LogP contribution is 2.28. The molecule has 2 rings (SSSR count). The van der Waals surface area contributed by atoms with Gasteiger partial charge in [0.1, 0.15) is 5.01 Å². The molecule has 1 unspecified atom stereocenters. The highest BCUT2D eigenvalue weighted by molar-refractivity contribution is 7.13. The third-order valence-electron chi connectivity index (χ3n) is 3.18. The number of aryl methyl sites for hydroxylation is 1. The number of rotatable bonds is 6. The highest BCUT2D eigenvalue weighted by atomic mass is 32.1. The molecule has 0 fully saturated rings. The van der Waals surface area contributed by atoms with Crippen molar-refractivity contribution in [3.05, 3.63) is 35.1 Å². The second-order valence-corrected chi connectivity index (χ2v) is 5.50. The highest BCUT2D eigenvalue weighted by Gasteiger charge is 2.12. The van der Waals surface area contributed by atoms with Gasteiger partial charge in [0.15, 0.2) is 0 Å². The molecule has 4 heteroatoms. The monoisotopic (exact) mass is 275 g/mol. The predicted octanol–water partition coefficient (Wildman–Crippen LogP) is 3.83. The van der Waals surface area contributed by atoms with Gasteiger partial charge in [0.2, 0.25) is 0 Å². The van der Waals surface area contributed by atoms with Crippen LogP contribution in [0.2, 0.25) is 0 Å². The standard InChI is InChI=1S/C15H21N3S/c1-4-7-17-11(3)14-10-19-15(18-14)13-6-8-16-9-12(13)5-2/h6,8-11,17H,4-5,7H2,1-3H3. The topological polar surface area (TPSA) is 37.8 Å². The van der Waals surface area contributed by atoms with Gasteiger partial charge in [-0.2, -0.15) is 0 Å². The summed E-state index contributed by atoms with van der Waals surface area (Å²) in [5, 5.41) is 6.73. The molecule has 1 atom stereocenters. The molecule has 0 bridgehead atoms. The van der Waals surface area contributed by atoms with E-state index in [1.807, 2.05) is 12.4 Å². The molecular weight excluding hydrogens is 254 g/mol. The normalized spacial score (nSPS) is 12.6. The first kappa shape index (κ1) is 14.2. The zero-order chi connectivity index (χ0) is 13.7. The van der Waals surface area contributed by atoms with Gasteiger partial charge >= 0.3 is 0 Å². The molecule has 0 saturated heterocycles. The van der Waals surface area contributed by atoms with Crippen molar-refractivity contribution >= 4 is 11.3 Å². The quantitative estimate of drug-likeness (QED) is 0.870. The second kappa shape index (κ2) is 6.78. The van der Waals surface area contributed by atoms with E-state index in [1.165, 1.54) is 11.1 Å². The predicted molar refractivity (Wildman–Crippen MR) is 81.4 cm³/mol. The van der Waals surface area contributed by atoms with E-state index >= 15 is 0 Å². The minimum Gasteiger partial charge on any atom is -0.309 e. The average molecular weight is 275 g/mol. The number of nitrogens with zero attached hydrogens (tertiary/aromatic N) is 2. The molecule has 1 N–H and O–H groups in total.